The van der Waals surface area contributed by atoms with Crippen molar-refractivity contribution in [2.75, 3.05) is 37.6 Å². The molecule has 160 valence electrons. The third-order valence-corrected chi connectivity index (χ3v) is 7.01. The molecule has 0 aliphatic carbocycles. The summed E-state index contributed by atoms with van der Waals surface area (Å²) in [6.07, 6.45) is 9.39. The Morgan fingerprint density at radius 1 is 1.13 bits per heavy atom. The molecular weight excluding hydrogens is 398 g/mol. The molecule has 7 nitrogen and oxygen atoms in total. The molecule has 0 bridgehead atoms. The number of likely N-dealkylation sites (tertiary alicyclic amines) is 1. The van der Waals surface area contributed by atoms with E-state index < -0.39 is 0 Å². The number of carbonyl (C=O) groups is 2. The van der Waals surface area contributed by atoms with Gasteiger partial charge in [0.1, 0.15) is 5.82 Å². The minimum Gasteiger partial charge on any atom is -0.355 e. The van der Waals surface area contributed by atoms with Crippen molar-refractivity contribution in [2.24, 2.45) is 11.8 Å². The van der Waals surface area contributed by atoms with E-state index in [9.17, 15) is 9.59 Å². The first-order valence-electron chi connectivity index (χ1n) is 10.8. The van der Waals surface area contributed by atoms with Crippen LogP contribution in [0.15, 0.2) is 36.1 Å². The normalized spacial score (nSPS) is 20.2. The van der Waals surface area contributed by atoms with Gasteiger partial charge in [0.15, 0.2) is 0 Å². The number of anilines is 1. The van der Waals surface area contributed by atoms with Crippen molar-refractivity contribution in [3.05, 3.63) is 41.0 Å². The van der Waals surface area contributed by atoms with E-state index in [1.807, 2.05) is 11.0 Å². The van der Waals surface area contributed by atoms with Gasteiger partial charge in [-0.3, -0.25) is 14.6 Å². The number of hydrogen-bond acceptors (Lipinski definition) is 6. The average Bonchev–Trinajstić information content (AvgIpc) is 3.33. The van der Waals surface area contributed by atoms with Crippen LogP contribution < -0.4 is 10.2 Å². The lowest BCUT2D eigenvalue weighted by atomic mass is 9.92. The summed E-state index contributed by atoms with van der Waals surface area (Å²) < 4.78 is 0. The molecule has 30 heavy (non-hydrogen) atoms. The van der Waals surface area contributed by atoms with Crippen LogP contribution in [-0.4, -0.2) is 59.4 Å². The van der Waals surface area contributed by atoms with Crippen LogP contribution in [0.1, 0.15) is 30.6 Å². The Labute approximate surface area is 181 Å². The van der Waals surface area contributed by atoms with Crippen LogP contribution in [0, 0.1) is 11.8 Å². The SMILES string of the molecule is O=C(NCCc1cccs1)C1CCN(C(=O)C2CCCN(c3cnccn3)C2)CC1. The fourth-order valence-electron chi connectivity index (χ4n) is 4.37. The Morgan fingerprint density at radius 3 is 2.73 bits per heavy atom. The van der Waals surface area contributed by atoms with Crippen LogP contribution in [-0.2, 0) is 16.0 Å². The van der Waals surface area contributed by atoms with Gasteiger partial charge in [0.2, 0.25) is 11.8 Å². The molecule has 2 aromatic rings. The lowest BCUT2D eigenvalue weighted by molar-refractivity contribution is -0.139. The van der Waals surface area contributed by atoms with Crippen molar-refractivity contribution in [2.45, 2.75) is 32.1 Å². The van der Waals surface area contributed by atoms with Crippen LogP contribution in [0.25, 0.3) is 0 Å². The quantitative estimate of drug-likeness (QED) is 0.766. The van der Waals surface area contributed by atoms with Gasteiger partial charge in [-0.2, -0.15) is 0 Å². The lowest BCUT2D eigenvalue weighted by Crippen LogP contribution is -2.49. The molecule has 8 heteroatoms. The third kappa shape index (κ3) is 5.16. The molecule has 0 radical (unpaired) electrons. The van der Waals surface area contributed by atoms with Crippen molar-refractivity contribution in [1.82, 2.24) is 20.2 Å². The van der Waals surface area contributed by atoms with Crippen LogP contribution in [0.3, 0.4) is 0 Å². The van der Waals surface area contributed by atoms with Gasteiger partial charge in [0.25, 0.3) is 0 Å². The third-order valence-electron chi connectivity index (χ3n) is 6.07. The molecule has 1 atom stereocenters. The number of nitrogens with zero attached hydrogens (tertiary/aromatic N) is 4. The van der Waals surface area contributed by atoms with Gasteiger partial charge in [0, 0.05) is 55.9 Å². The molecule has 2 amide bonds. The molecule has 2 aliphatic rings. The largest absolute Gasteiger partial charge is 0.355 e. The fourth-order valence-corrected chi connectivity index (χ4v) is 5.08. The molecule has 0 spiro atoms. The Bertz CT molecular complexity index is 821. The smallest absolute Gasteiger partial charge is 0.227 e. The molecular formula is C22H29N5O2S. The van der Waals surface area contributed by atoms with E-state index in [1.54, 1.807) is 29.9 Å². The Morgan fingerprint density at radius 2 is 2.00 bits per heavy atom. The molecule has 1 unspecified atom stereocenters. The van der Waals surface area contributed by atoms with E-state index in [0.29, 0.717) is 26.2 Å². The molecule has 4 rings (SSSR count). The van der Waals surface area contributed by atoms with E-state index in [0.717, 1.165) is 44.5 Å². The summed E-state index contributed by atoms with van der Waals surface area (Å²) in [5, 5.41) is 5.13. The van der Waals surface area contributed by atoms with E-state index in [4.69, 9.17) is 0 Å². The van der Waals surface area contributed by atoms with E-state index in [1.165, 1.54) is 4.88 Å². The highest BCUT2D eigenvalue weighted by Crippen LogP contribution is 2.25. The van der Waals surface area contributed by atoms with Crippen molar-refractivity contribution in [3.63, 3.8) is 0 Å². The maximum atomic E-state index is 13.1. The predicted molar refractivity (Wildman–Crippen MR) is 117 cm³/mol. The summed E-state index contributed by atoms with van der Waals surface area (Å²) in [6.45, 7) is 3.63. The molecule has 0 aromatic carbocycles. The standard InChI is InChI=1S/C22H29N5O2S/c28-21(25-8-5-19-4-2-14-30-19)17-6-12-26(13-7-17)22(29)18-3-1-11-27(16-18)20-15-23-9-10-24-20/h2,4,9-10,14-15,17-18H,1,3,5-8,11-13,16H2,(H,25,28). The predicted octanol–water partition coefficient (Wildman–Crippen LogP) is 2.35. The number of nitrogens with one attached hydrogen (secondary N) is 1. The average molecular weight is 428 g/mol. The molecule has 0 saturated carbocycles. The van der Waals surface area contributed by atoms with Gasteiger partial charge in [-0.05, 0) is 43.6 Å². The number of rotatable bonds is 6. The Kier molecular flexibility index (Phi) is 6.94. The van der Waals surface area contributed by atoms with E-state index >= 15 is 0 Å². The monoisotopic (exact) mass is 427 g/mol. The summed E-state index contributed by atoms with van der Waals surface area (Å²) >= 11 is 1.72. The second kappa shape index (κ2) is 10.0. The van der Waals surface area contributed by atoms with Gasteiger partial charge < -0.3 is 15.1 Å². The summed E-state index contributed by atoms with van der Waals surface area (Å²) in [5.74, 6) is 1.20. The fraction of sp³-hybridized carbons (Fsp3) is 0.545. The zero-order valence-corrected chi connectivity index (χ0v) is 18.0. The zero-order chi connectivity index (χ0) is 20.8. The first kappa shape index (κ1) is 20.8. The number of thiophene rings is 1. The molecule has 2 saturated heterocycles. The lowest BCUT2D eigenvalue weighted by Gasteiger charge is -2.37. The van der Waals surface area contributed by atoms with Crippen LogP contribution in [0.4, 0.5) is 5.82 Å². The molecule has 1 N–H and O–H groups in total. The Hall–Kier alpha value is -2.48. The maximum Gasteiger partial charge on any atom is 0.227 e. The maximum absolute atomic E-state index is 13.1. The highest BCUT2D eigenvalue weighted by Gasteiger charge is 2.33. The number of aromatic nitrogens is 2. The summed E-state index contributed by atoms with van der Waals surface area (Å²) in [4.78, 5) is 39.5. The van der Waals surface area contributed by atoms with Gasteiger partial charge in [-0.25, -0.2) is 4.98 Å². The highest BCUT2D eigenvalue weighted by molar-refractivity contribution is 7.09. The van der Waals surface area contributed by atoms with Crippen molar-refractivity contribution in [3.8, 4) is 0 Å². The second-order valence-corrected chi connectivity index (χ2v) is 9.10. The highest BCUT2D eigenvalue weighted by atomic mass is 32.1. The van der Waals surface area contributed by atoms with Crippen molar-refractivity contribution < 1.29 is 9.59 Å². The topological polar surface area (TPSA) is 78.4 Å². The van der Waals surface area contributed by atoms with Crippen molar-refractivity contribution in [1.29, 1.82) is 0 Å². The van der Waals surface area contributed by atoms with Crippen molar-refractivity contribution >= 4 is 29.0 Å². The Balaban J connectivity index is 1.22. The second-order valence-electron chi connectivity index (χ2n) is 8.07. The summed E-state index contributed by atoms with van der Waals surface area (Å²) in [6, 6.07) is 4.13. The zero-order valence-electron chi connectivity index (χ0n) is 17.2. The number of hydrogen-bond donors (Lipinski definition) is 1. The van der Waals surface area contributed by atoms with E-state index in [2.05, 4.69) is 31.6 Å². The minimum atomic E-state index is -0.00284. The van der Waals surface area contributed by atoms with Gasteiger partial charge in [-0.15, -0.1) is 11.3 Å². The molecule has 4 heterocycles. The van der Waals surface area contributed by atoms with E-state index in [-0.39, 0.29) is 23.7 Å². The first-order chi connectivity index (χ1) is 14.7. The minimum absolute atomic E-state index is 0.00284. The van der Waals surface area contributed by atoms with Gasteiger partial charge in [0.05, 0.1) is 12.1 Å². The van der Waals surface area contributed by atoms with Gasteiger partial charge in [-0.1, -0.05) is 6.07 Å². The number of carbonyl (C=O) groups excluding carboxylic acids is 2. The molecule has 2 aliphatic heterocycles. The summed E-state index contributed by atoms with van der Waals surface area (Å²) in [5.41, 5.74) is 0. The summed E-state index contributed by atoms with van der Waals surface area (Å²) in [7, 11) is 0. The van der Waals surface area contributed by atoms with Gasteiger partial charge >= 0.3 is 0 Å². The van der Waals surface area contributed by atoms with Crippen LogP contribution >= 0.6 is 11.3 Å². The number of piperidine rings is 2. The van der Waals surface area contributed by atoms with Crippen LogP contribution in [0.2, 0.25) is 0 Å². The molecule has 2 aromatic heterocycles. The number of amides is 2. The van der Waals surface area contributed by atoms with Crippen LogP contribution in [0.5, 0.6) is 0 Å². The molecule has 2 fully saturated rings. The first-order valence-corrected chi connectivity index (χ1v) is 11.7.